The van der Waals surface area contributed by atoms with Gasteiger partial charge in [0.1, 0.15) is 18.5 Å². The fourth-order valence-electron chi connectivity index (χ4n) is 1.12. The summed E-state index contributed by atoms with van der Waals surface area (Å²) in [4.78, 5) is 0. The summed E-state index contributed by atoms with van der Waals surface area (Å²) >= 11 is 0. The highest BCUT2D eigenvalue weighted by molar-refractivity contribution is 5.28. The van der Waals surface area contributed by atoms with Crippen LogP contribution in [0.3, 0.4) is 0 Å². The number of aliphatic hydroxyl groups is 1. The summed E-state index contributed by atoms with van der Waals surface area (Å²) in [5, 5.41) is 9.20. The van der Waals surface area contributed by atoms with Crippen LogP contribution < -0.4 is 10.5 Å². The molecule has 0 bridgehead atoms. The van der Waals surface area contributed by atoms with E-state index in [1.54, 1.807) is 0 Å². The van der Waals surface area contributed by atoms with Crippen LogP contribution in [0.2, 0.25) is 0 Å². The van der Waals surface area contributed by atoms with E-state index < -0.39 is 6.10 Å². The Morgan fingerprint density at radius 3 is 2.93 bits per heavy atom. The van der Waals surface area contributed by atoms with Gasteiger partial charge in [-0.2, -0.15) is 0 Å². The number of hydrogen-bond donors (Lipinski definition) is 2. The van der Waals surface area contributed by atoms with Crippen molar-refractivity contribution in [3.05, 3.63) is 29.8 Å². The van der Waals surface area contributed by atoms with E-state index in [4.69, 9.17) is 10.5 Å². The van der Waals surface area contributed by atoms with Crippen molar-refractivity contribution < 1.29 is 9.84 Å². The molecule has 0 aliphatic rings. The van der Waals surface area contributed by atoms with Crippen molar-refractivity contribution in [2.24, 2.45) is 5.73 Å². The Labute approximate surface area is 84.5 Å². The van der Waals surface area contributed by atoms with E-state index >= 15 is 0 Å². The first-order chi connectivity index (χ1) is 6.76. The van der Waals surface area contributed by atoms with Gasteiger partial charge in [0.25, 0.3) is 0 Å². The van der Waals surface area contributed by atoms with E-state index in [2.05, 4.69) is 6.92 Å². The molecule has 0 heterocycles. The van der Waals surface area contributed by atoms with E-state index in [9.17, 15) is 5.11 Å². The number of benzene rings is 1. The van der Waals surface area contributed by atoms with Crippen LogP contribution in [0.25, 0.3) is 0 Å². The average molecular weight is 195 g/mol. The first-order valence-corrected chi connectivity index (χ1v) is 4.86. The zero-order valence-electron chi connectivity index (χ0n) is 8.44. The maximum atomic E-state index is 9.20. The largest absolute Gasteiger partial charge is 0.491 e. The van der Waals surface area contributed by atoms with E-state index in [1.807, 2.05) is 24.3 Å². The van der Waals surface area contributed by atoms with Gasteiger partial charge in [-0.15, -0.1) is 0 Å². The third-order valence-electron chi connectivity index (χ3n) is 2.02. The Balaban J connectivity index is 2.50. The van der Waals surface area contributed by atoms with Crippen LogP contribution in [0.4, 0.5) is 0 Å². The summed E-state index contributed by atoms with van der Waals surface area (Å²) in [7, 11) is 0. The highest BCUT2D eigenvalue weighted by Gasteiger charge is 2.02. The van der Waals surface area contributed by atoms with Crippen LogP contribution in [0.15, 0.2) is 24.3 Å². The molecule has 3 heteroatoms. The Bertz CT molecular complexity index is 276. The third kappa shape index (κ3) is 3.36. The van der Waals surface area contributed by atoms with Crippen LogP contribution in [0, 0.1) is 0 Å². The molecule has 1 aromatic rings. The maximum absolute atomic E-state index is 9.20. The summed E-state index contributed by atoms with van der Waals surface area (Å²) < 4.78 is 5.37. The minimum Gasteiger partial charge on any atom is -0.491 e. The van der Waals surface area contributed by atoms with Gasteiger partial charge in [0.2, 0.25) is 0 Å². The topological polar surface area (TPSA) is 55.5 Å². The lowest BCUT2D eigenvalue weighted by atomic mass is 10.2. The molecule has 0 fully saturated rings. The first-order valence-electron chi connectivity index (χ1n) is 4.86. The monoisotopic (exact) mass is 195 g/mol. The van der Waals surface area contributed by atoms with Crippen molar-refractivity contribution in [2.75, 3.05) is 13.2 Å². The third-order valence-corrected chi connectivity index (χ3v) is 2.02. The molecule has 0 aromatic heterocycles. The lowest BCUT2D eigenvalue weighted by Crippen LogP contribution is -2.26. The van der Waals surface area contributed by atoms with Gasteiger partial charge in [-0.25, -0.2) is 0 Å². The van der Waals surface area contributed by atoms with Crippen molar-refractivity contribution >= 4 is 0 Å². The van der Waals surface area contributed by atoms with Gasteiger partial charge in [0, 0.05) is 6.54 Å². The van der Waals surface area contributed by atoms with E-state index in [0.717, 1.165) is 12.2 Å². The number of hydrogen-bond acceptors (Lipinski definition) is 3. The second-order valence-electron chi connectivity index (χ2n) is 3.20. The molecular formula is C11H17NO2. The smallest absolute Gasteiger partial charge is 0.119 e. The second-order valence-corrected chi connectivity index (χ2v) is 3.20. The molecule has 3 N–H and O–H groups in total. The van der Waals surface area contributed by atoms with E-state index in [1.165, 1.54) is 5.56 Å². The molecule has 3 nitrogen and oxygen atoms in total. The van der Waals surface area contributed by atoms with Gasteiger partial charge in [0.15, 0.2) is 0 Å². The minimum absolute atomic E-state index is 0.230. The normalized spacial score (nSPS) is 12.5. The van der Waals surface area contributed by atoms with Gasteiger partial charge in [0.05, 0.1) is 0 Å². The van der Waals surface area contributed by atoms with Crippen molar-refractivity contribution in [2.45, 2.75) is 19.4 Å². The number of aliphatic hydroxyl groups excluding tert-OH is 1. The average Bonchev–Trinajstić information content (AvgIpc) is 2.26. The zero-order chi connectivity index (χ0) is 10.4. The number of rotatable bonds is 5. The molecule has 0 saturated carbocycles. The molecule has 1 atom stereocenters. The molecule has 78 valence electrons. The molecule has 1 rings (SSSR count). The molecule has 14 heavy (non-hydrogen) atoms. The fourth-order valence-corrected chi connectivity index (χ4v) is 1.12. The molecule has 0 aliphatic heterocycles. The molecule has 0 amide bonds. The van der Waals surface area contributed by atoms with Crippen molar-refractivity contribution in [1.82, 2.24) is 0 Å². The van der Waals surface area contributed by atoms with E-state index in [0.29, 0.717) is 0 Å². The Morgan fingerprint density at radius 2 is 2.29 bits per heavy atom. The molecule has 0 spiro atoms. The van der Waals surface area contributed by atoms with Gasteiger partial charge >= 0.3 is 0 Å². The second kappa shape index (κ2) is 5.62. The first kappa shape index (κ1) is 11.0. The van der Waals surface area contributed by atoms with Crippen LogP contribution in [-0.2, 0) is 6.42 Å². The van der Waals surface area contributed by atoms with Crippen molar-refractivity contribution in [3.8, 4) is 5.75 Å². The summed E-state index contributed by atoms with van der Waals surface area (Å²) in [6.07, 6.45) is 0.400. The Hall–Kier alpha value is -1.06. The van der Waals surface area contributed by atoms with Crippen molar-refractivity contribution in [3.63, 3.8) is 0 Å². The highest BCUT2D eigenvalue weighted by atomic mass is 16.5. The summed E-state index contributed by atoms with van der Waals surface area (Å²) in [5.74, 6) is 0.789. The van der Waals surface area contributed by atoms with Crippen LogP contribution >= 0.6 is 0 Å². The van der Waals surface area contributed by atoms with Gasteiger partial charge < -0.3 is 15.6 Å². The molecular weight excluding hydrogens is 178 g/mol. The molecule has 1 unspecified atom stereocenters. The maximum Gasteiger partial charge on any atom is 0.119 e. The van der Waals surface area contributed by atoms with Gasteiger partial charge in [-0.1, -0.05) is 19.1 Å². The van der Waals surface area contributed by atoms with Crippen LogP contribution in [-0.4, -0.2) is 24.4 Å². The lowest BCUT2D eigenvalue weighted by Gasteiger charge is -2.10. The van der Waals surface area contributed by atoms with Gasteiger partial charge in [-0.3, -0.25) is 0 Å². The van der Waals surface area contributed by atoms with Crippen LogP contribution in [0.5, 0.6) is 5.75 Å². The van der Waals surface area contributed by atoms with Gasteiger partial charge in [-0.05, 0) is 24.1 Å². The summed E-state index contributed by atoms with van der Waals surface area (Å²) in [6.45, 7) is 2.57. The standard InChI is InChI=1S/C11H17NO2/c1-2-9-4-3-5-11(6-9)14-8-10(13)7-12/h3-6,10,13H,2,7-8,12H2,1H3. The predicted octanol–water partition coefficient (Wildman–Crippen LogP) is 0.947. The zero-order valence-corrected chi connectivity index (χ0v) is 8.44. The fraction of sp³-hybridized carbons (Fsp3) is 0.455. The quantitative estimate of drug-likeness (QED) is 0.735. The number of aryl methyl sites for hydroxylation is 1. The summed E-state index contributed by atoms with van der Waals surface area (Å²) in [5.41, 5.74) is 6.49. The SMILES string of the molecule is CCc1cccc(OCC(O)CN)c1. The van der Waals surface area contributed by atoms with Crippen molar-refractivity contribution in [1.29, 1.82) is 0 Å². The predicted molar refractivity (Wildman–Crippen MR) is 56.4 cm³/mol. The summed E-state index contributed by atoms with van der Waals surface area (Å²) in [6, 6.07) is 7.85. The highest BCUT2D eigenvalue weighted by Crippen LogP contribution is 2.13. The number of ether oxygens (including phenoxy) is 1. The van der Waals surface area contributed by atoms with E-state index in [-0.39, 0.29) is 13.2 Å². The molecule has 1 aromatic carbocycles. The number of nitrogens with two attached hydrogens (primary N) is 1. The molecule has 0 radical (unpaired) electrons. The molecule has 0 saturated heterocycles. The molecule has 0 aliphatic carbocycles. The van der Waals surface area contributed by atoms with Crippen LogP contribution in [0.1, 0.15) is 12.5 Å². The Kier molecular flexibility index (Phi) is 4.43. The Morgan fingerprint density at radius 1 is 1.50 bits per heavy atom. The lowest BCUT2D eigenvalue weighted by molar-refractivity contribution is 0.114. The minimum atomic E-state index is -0.583.